The summed E-state index contributed by atoms with van der Waals surface area (Å²) in [5, 5.41) is 11.2. The number of likely N-dealkylation sites (tertiary alicyclic amines) is 1. The molecule has 3 heterocycles. The highest BCUT2D eigenvalue weighted by Gasteiger charge is 2.58. The predicted molar refractivity (Wildman–Crippen MR) is 90.6 cm³/mol. The highest BCUT2D eigenvalue weighted by atomic mass is 32.2. The molecule has 25 heavy (non-hydrogen) atoms. The topological polar surface area (TPSA) is 80.8 Å². The number of amides is 2. The first-order chi connectivity index (χ1) is 11.8. The zero-order chi connectivity index (χ0) is 17.9. The Morgan fingerprint density at radius 2 is 2.00 bits per heavy atom. The highest BCUT2D eigenvalue weighted by Crippen LogP contribution is 2.57. The zero-order valence-corrected chi connectivity index (χ0v) is 14.9. The van der Waals surface area contributed by atoms with Gasteiger partial charge in [-0.25, -0.2) is 0 Å². The molecule has 0 spiro atoms. The number of thioether (sulfide) groups is 1. The SMILES string of the molecule is CC1(C)S[C@H]2c3ccccc3C(=O)N2[C@@H]1C(=O)N1CCC[C@H]1C(=O)[O-]. The Kier molecular flexibility index (Phi) is 3.61. The maximum Gasteiger partial charge on any atom is 0.256 e. The highest BCUT2D eigenvalue weighted by molar-refractivity contribution is 8.01. The number of hydrogen-bond donors (Lipinski definition) is 0. The quantitative estimate of drug-likeness (QED) is 0.779. The van der Waals surface area contributed by atoms with E-state index in [-0.39, 0.29) is 17.2 Å². The number of hydrogen-bond acceptors (Lipinski definition) is 5. The van der Waals surface area contributed by atoms with Crippen molar-refractivity contribution in [3.05, 3.63) is 35.4 Å². The second kappa shape index (κ2) is 5.49. The lowest BCUT2D eigenvalue weighted by Gasteiger charge is -2.35. The van der Waals surface area contributed by atoms with Gasteiger partial charge in [-0.05, 0) is 38.3 Å². The minimum atomic E-state index is -1.22. The number of fused-ring (bicyclic) bond motifs is 3. The van der Waals surface area contributed by atoms with Gasteiger partial charge < -0.3 is 19.7 Å². The number of carboxylic acid groups (broad SMARTS) is 1. The lowest BCUT2D eigenvalue weighted by molar-refractivity contribution is -0.310. The molecule has 2 amide bonds. The number of carbonyl (C=O) groups excluding carboxylic acids is 3. The summed E-state index contributed by atoms with van der Waals surface area (Å²) < 4.78 is -0.496. The second-order valence-electron chi connectivity index (χ2n) is 7.28. The number of carboxylic acids is 1. The Bertz CT molecular complexity index is 778. The van der Waals surface area contributed by atoms with Crippen molar-refractivity contribution in [2.24, 2.45) is 0 Å². The molecule has 0 unspecified atom stereocenters. The molecule has 1 aromatic rings. The average molecular weight is 359 g/mol. The van der Waals surface area contributed by atoms with Gasteiger partial charge in [0.15, 0.2) is 0 Å². The van der Waals surface area contributed by atoms with E-state index >= 15 is 0 Å². The van der Waals surface area contributed by atoms with Gasteiger partial charge in [-0.15, -0.1) is 11.8 Å². The third-order valence-corrected chi connectivity index (χ3v) is 6.87. The van der Waals surface area contributed by atoms with Crippen LogP contribution in [0.1, 0.15) is 48.0 Å². The molecule has 4 rings (SSSR count). The lowest BCUT2D eigenvalue weighted by atomic mass is 9.99. The van der Waals surface area contributed by atoms with E-state index in [0.29, 0.717) is 24.9 Å². The van der Waals surface area contributed by atoms with Gasteiger partial charge in [0.05, 0.1) is 12.0 Å². The summed E-state index contributed by atoms with van der Waals surface area (Å²) in [5.74, 6) is -1.66. The van der Waals surface area contributed by atoms with Gasteiger partial charge in [0.2, 0.25) is 5.91 Å². The van der Waals surface area contributed by atoms with Gasteiger partial charge in [0, 0.05) is 16.9 Å². The van der Waals surface area contributed by atoms with E-state index in [9.17, 15) is 19.5 Å². The number of aliphatic carboxylic acids is 1. The van der Waals surface area contributed by atoms with Crippen LogP contribution in [0.15, 0.2) is 24.3 Å². The molecule has 2 saturated heterocycles. The summed E-state index contributed by atoms with van der Waals surface area (Å²) in [5.41, 5.74) is 1.56. The molecule has 3 aliphatic heterocycles. The second-order valence-corrected chi connectivity index (χ2v) is 9.02. The summed E-state index contributed by atoms with van der Waals surface area (Å²) in [6.07, 6.45) is 1.05. The van der Waals surface area contributed by atoms with Crippen LogP contribution in [-0.4, -0.2) is 51.0 Å². The van der Waals surface area contributed by atoms with Crippen molar-refractivity contribution in [2.45, 2.75) is 48.9 Å². The van der Waals surface area contributed by atoms with Gasteiger partial charge >= 0.3 is 0 Å². The minimum absolute atomic E-state index is 0.152. The van der Waals surface area contributed by atoms with Crippen molar-refractivity contribution in [1.82, 2.24) is 9.80 Å². The molecule has 0 aromatic heterocycles. The molecule has 0 bridgehead atoms. The fraction of sp³-hybridized carbons (Fsp3) is 0.500. The van der Waals surface area contributed by atoms with Crippen LogP contribution in [0.4, 0.5) is 0 Å². The van der Waals surface area contributed by atoms with E-state index in [1.165, 1.54) is 4.90 Å². The van der Waals surface area contributed by atoms with E-state index in [4.69, 9.17) is 0 Å². The van der Waals surface area contributed by atoms with Crippen LogP contribution in [0.2, 0.25) is 0 Å². The number of benzene rings is 1. The molecule has 2 fully saturated rings. The summed E-state index contributed by atoms with van der Waals surface area (Å²) in [7, 11) is 0. The molecule has 132 valence electrons. The van der Waals surface area contributed by atoms with Gasteiger partial charge in [0.25, 0.3) is 5.91 Å². The third-order valence-electron chi connectivity index (χ3n) is 5.34. The maximum absolute atomic E-state index is 13.2. The van der Waals surface area contributed by atoms with Crippen LogP contribution in [0.3, 0.4) is 0 Å². The molecule has 0 aliphatic carbocycles. The Balaban J connectivity index is 1.71. The molecule has 7 heteroatoms. The molecular formula is C18H19N2O4S-. The fourth-order valence-corrected chi connectivity index (χ4v) is 5.79. The first-order valence-electron chi connectivity index (χ1n) is 8.43. The van der Waals surface area contributed by atoms with E-state index in [0.717, 1.165) is 5.56 Å². The summed E-state index contributed by atoms with van der Waals surface area (Å²) >= 11 is 1.58. The largest absolute Gasteiger partial charge is 0.548 e. The van der Waals surface area contributed by atoms with E-state index in [1.54, 1.807) is 22.7 Å². The van der Waals surface area contributed by atoms with Crippen LogP contribution in [0.5, 0.6) is 0 Å². The Hall–Kier alpha value is -2.02. The van der Waals surface area contributed by atoms with Crippen molar-refractivity contribution < 1.29 is 19.5 Å². The van der Waals surface area contributed by atoms with Crippen LogP contribution >= 0.6 is 11.8 Å². The fourth-order valence-electron chi connectivity index (χ4n) is 4.21. The number of rotatable bonds is 2. The smallest absolute Gasteiger partial charge is 0.256 e. The van der Waals surface area contributed by atoms with Crippen LogP contribution < -0.4 is 5.11 Å². The van der Waals surface area contributed by atoms with Gasteiger partial charge in [0.1, 0.15) is 11.4 Å². The van der Waals surface area contributed by atoms with Crippen molar-refractivity contribution in [1.29, 1.82) is 0 Å². The zero-order valence-electron chi connectivity index (χ0n) is 14.1. The van der Waals surface area contributed by atoms with E-state index < -0.39 is 22.8 Å². The molecule has 0 saturated carbocycles. The van der Waals surface area contributed by atoms with Gasteiger partial charge in [-0.2, -0.15) is 0 Å². The van der Waals surface area contributed by atoms with E-state index in [1.807, 2.05) is 32.0 Å². The van der Waals surface area contributed by atoms with Crippen molar-refractivity contribution in [2.75, 3.05) is 6.54 Å². The van der Waals surface area contributed by atoms with Crippen molar-refractivity contribution in [3.8, 4) is 0 Å². The van der Waals surface area contributed by atoms with Gasteiger partial charge in [-0.1, -0.05) is 18.2 Å². The van der Waals surface area contributed by atoms with Crippen LogP contribution in [-0.2, 0) is 9.59 Å². The van der Waals surface area contributed by atoms with E-state index in [2.05, 4.69) is 0 Å². The molecule has 3 aliphatic rings. The van der Waals surface area contributed by atoms with Crippen molar-refractivity contribution >= 4 is 29.5 Å². The Morgan fingerprint density at radius 3 is 2.72 bits per heavy atom. The number of nitrogens with zero attached hydrogens (tertiary/aromatic N) is 2. The summed E-state index contributed by atoms with van der Waals surface area (Å²) in [6, 6.07) is 5.84. The van der Waals surface area contributed by atoms with Crippen LogP contribution in [0, 0.1) is 0 Å². The average Bonchev–Trinajstić information content (AvgIpc) is 3.21. The maximum atomic E-state index is 13.2. The minimum Gasteiger partial charge on any atom is -0.548 e. The molecule has 0 radical (unpaired) electrons. The molecule has 1 aromatic carbocycles. The Morgan fingerprint density at radius 1 is 1.28 bits per heavy atom. The van der Waals surface area contributed by atoms with Gasteiger partial charge in [-0.3, -0.25) is 9.59 Å². The predicted octanol–water partition coefficient (Wildman–Crippen LogP) is 0.776. The number of carbonyl (C=O) groups is 3. The van der Waals surface area contributed by atoms with Crippen molar-refractivity contribution in [3.63, 3.8) is 0 Å². The molecule has 3 atom stereocenters. The normalized spacial score (nSPS) is 29.7. The first kappa shape index (κ1) is 16.4. The molecular weight excluding hydrogens is 340 g/mol. The standard InChI is InChI=1S/C18H20N2O4S/c1-18(2)13(15(22)19-9-5-8-12(19)17(23)24)20-14(21)10-6-3-4-7-11(10)16(20)25-18/h3-4,6-7,12-13,16H,5,8-9H2,1-2H3,(H,23,24)/p-1/t12-,13+,16-/m0/s1. The molecule has 6 nitrogen and oxygen atoms in total. The lowest BCUT2D eigenvalue weighted by Crippen LogP contribution is -2.57. The third kappa shape index (κ3) is 2.28. The Labute approximate surface area is 150 Å². The summed E-state index contributed by atoms with van der Waals surface area (Å²) in [6.45, 7) is 4.28. The monoisotopic (exact) mass is 359 g/mol. The van der Waals surface area contributed by atoms with Crippen LogP contribution in [0.25, 0.3) is 0 Å². The molecule has 0 N–H and O–H groups in total. The first-order valence-corrected chi connectivity index (χ1v) is 9.31. The summed E-state index contributed by atoms with van der Waals surface area (Å²) in [4.78, 5) is 40.6.